The highest BCUT2D eigenvalue weighted by atomic mass is 79.9. The van der Waals surface area contributed by atoms with E-state index < -0.39 is 5.82 Å². The van der Waals surface area contributed by atoms with Gasteiger partial charge in [0.2, 0.25) is 0 Å². The summed E-state index contributed by atoms with van der Waals surface area (Å²) in [6, 6.07) is 6.07. The van der Waals surface area contributed by atoms with Gasteiger partial charge in [-0.3, -0.25) is 0 Å². The third-order valence-electron chi connectivity index (χ3n) is 2.53. The molecule has 0 aliphatic heterocycles. The quantitative estimate of drug-likeness (QED) is 0.507. The molecule has 0 saturated carbocycles. The Labute approximate surface area is 122 Å². The standard InChI is InChI=1S/C13H11BrFNO2S/c1-8(16-17)10-6-9(15)2-3-12(10)18-7-13-11(14)4-5-19-13/h2-6,17H,7H2,1H3. The number of hydrogen-bond acceptors (Lipinski definition) is 4. The molecule has 0 atom stereocenters. The molecule has 1 N–H and O–H groups in total. The van der Waals surface area contributed by atoms with Crippen molar-refractivity contribution in [1.29, 1.82) is 0 Å². The van der Waals surface area contributed by atoms with Crippen molar-refractivity contribution < 1.29 is 14.3 Å². The fourth-order valence-corrected chi connectivity index (χ4v) is 2.91. The van der Waals surface area contributed by atoms with Crippen LogP contribution in [0.1, 0.15) is 17.4 Å². The molecule has 0 saturated heterocycles. The Kier molecular flexibility index (Phi) is 4.55. The fourth-order valence-electron chi connectivity index (χ4n) is 1.54. The van der Waals surface area contributed by atoms with Crippen LogP contribution >= 0.6 is 27.3 Å². The first-order chi connectivity index (χ1) is 9.11. The Morgan fingerprint density at radius 1 is 1.47 bits per heavy atom. The molecule has 0 aliphatic carbocycles. The van der Waals surface area contributed by atoms with Crippen molar-refractivity contribution in [3.05, 3.63) is 50.4 Å². The Morgan fingerprint density at radius 3 is 2.89 bits per heavy atom. The zero-order valence-electron chi connectivity index (χ0n) is 10.1. The summed E-state index contributed by atoms with van der Waals surface area (Å²) in [5.41, 5.74) is 0.745. The van der Waals surface area contributed by atoms with Crippen LogP contribution < -0.4 is 4.74 Å². The molecule has 0 aliphatic rings. The largest absolute Gasteiger partial charge is 0.487 e. The third kappa shape index (κ3) is 3.33. The van der Waals surface area contributed by atoms with E-state index in [4.69, 9.17) is 9.94 Å². The third-order valence-corrected chi connectivity index (χ3v) is 4.43. The van der Waals surface area contributed by atoms with Crippen molar-refractivity contribution in [1.82, 2.24) is 0 Å². The smallest absolute Gasteiger partial charge is 0.129 e. The van der Waals surface area contributed by atoms with Gasteiger partial charge in [-0.05, 0) is 52.5 Å². The molecule has 0 spiro atoms. The highest BCUT2D eigenvalue weighted by Gasteiger charge is 2.10. The van der Waals surface area contributed by atoms with E-state index in [0.717, 1.165) is 9.35 Å². The lowest BCUT2D eigenvalue weighted by Gasteiger charge is -2.10. The van der Waals surface area contributed by atoms with E-state index in [1.807, 2.05) is 11.4 Å². The maximum absolute atomic E-state index is 13.2. The van der Waals surface area contributed by atoms with Gasteiger partial charge in [-0.1, -0.05) is 5.16 Å². The molecule has 19 heavy (non-hydrogen) atoms. The molecule has 0 bridgehead atoms. The van der Waals surface area contributed by atoms with E-state index in [1.54, 1.807) is 18.3 Å². The monoisotopic (exact) mass is 343 g/mol. The van der Waals surface area contributed by atoms with Crippen LogP contribution in [0.5, 0.6) is 5.75 Å². The number of benzene rings is 1. The Bertz CT molecular complexity index is 612. The van der Waals surface area contributed by atoms with Gasteiger partial charge in [-0.2, -0.15) is 0 Å². The minimum atomic E-state index is -0.400. The average Bonchev–Trinajstić information content (AvgIpc) is 2.82. The van der Waals surface area contributed by atoms with Gasteiger partial charge in [0.15, 0.2) is 0 Å². The van der Waals surface area contributed by atoms with E-state index in [-0.39, 0.29) is 0 Å². The molecule has 3 nitrogen and oxygen atoms in total. The summed E-state index contributed by atoms with van der Waals surface area (Å²) in [5, 5.41) is 13.8. The second-order valence-corrected chi connectivity index (χ2v) is 5.66. The topological polar surface area (TPSA) is 41.8 Å². The van der Waals surface area contributed by atoms with Crippen molar-refractivity contribution in [3.63, 3.8) is 0 Å². The average molecular weight is 344 g/mol. The number of thiophene rings is 1. The Morgan fingerprint density at radius 2 is 2.26 bits per heavy atom. The molecule has 0 unspecified atom stereocenters. The number of ether oxygens (including phenoxy) is 1. The summed E-state index contributed by atoms with van der Waals surface area (Å²) < 4.78 is 19.9. The van der Waals surface area contributed by atoms with Crippen molar-refractivity contribution >= 4 is 33.0 Å². The van der Waals surface area contributed by atoms with E-state index in [9.17, 15) is 4.39 Å². The second-order valence-electron chi connectivity index (χ2n) is 3.81. The van der Waals surface area contributed by atoms with Crippen LogP contribution in [0.4, 0.5) is 4.39 Å². The summed E-state index contributed by atoms with van der Waals surface area (Å²) >= 11 is 4.99. The lowest BCUT2D eigenvalue weighted by molar-refractivity contribution is 0.305. The number of hydrogen-bond donors (Lipinski definition) is 1. The molecular formula is C13H11BrFNO2S. The van der Waals surface area contributed by atoms with Gasteiger partial charge >= 0.3 is 0 Å². The maximum Gasteiger partial charge on any atom is 0.129 e. The van der Waals surface area contributed by atoms with Gasteiger partial charge in [-0.25, -0.2) is 4.39 Å². The highest BCUT2D eigenvalue weighted by Crippen LogP contribution is 2.26. The molecular weight excluding hydrogens is 333 g/mol. The van der Waals surface area contributed by atoms with Gasteiger partial charge in [-0.15, -0.1) is 11.3 Å². The summed E-state index contributed by atoms with van der Waals surface area (Å²) in [6.07, 6.45) is 0. The van der Waals surface area contributed by atoms with E-state index in [1.165, 1.54) is 18.2 Å². The van der Waals surface area contributed by atoms with Gasteiger partial charge in [0.25, 0.3) is 0 Å². The minimum absolute atomic E-state index is 0.305. The van der Waals surface area contributed by atoms with Gasteiger partial charge in [0.1, 0.15) is 18.2 Å². The lowest BCUT2D eigenvalue weighted by Crippen LogP contribution is -2.02. The predicted molar refractivity (Wildman–Crippen MR) is 76.7 cm³/mol. The van der Waals surface area contributed by atoms with Crippen molar-refractivity contribution in [2.45, 2.75) is 13.5 Å². The molecule has 1 heterocycles. The minimum Gasteiger partial charge on any atom is -0.487 e. The predicted octanol–water partition coefficient (Wildman–Crippen LogP) is 4.43. The van der Waals surface area contributed by atoms with Crippen LogP contribution in [0.2, 0.25) is 0 Å². The van der Waals surface area contributed by atoms with E-state index in [2.05, 4.69) is 21.1 Å². The number of rotatable bonds is 4. The van der Waals surface area contributed by atoms with Gasteiger partial charge in [0.05, 0.1) is 10.6 Å². The van der Waals surface area contributed by atoms with Crippen molar-refractivity contribution in [2.75, 3.05) is 0 Å². The molecule has 100 valence electrons. The van der Waals surface area contributed by atoms with Crippen molar-refractivity contribution in [2.24, 2.45) is 5.16 Å². The first-order valence-electron chi connectivity index (χ1n) is 5.45. The van der Waals surface area contributed by atoms with Crippen LogP contribution in [-0.2, 0) is 6.61 Å². The van der Waals surface area contributed by atoms with Crippen LogP contribution in [0.25, 0.3) is 0 Å². The molecule has 0 fully saturated rings. The molecule has 0 radical (unpaired) electrons. The first kappa shape index (κ1) is 14.0. The molecule has 6 heteroatoms. The molecule has 1 aromatic heterocycles. The van der Waals surface area contributed by atoms with E-state index >= 15 is 0 Å². The first-order valence-corrected chi connectivity index (χ1v) is 7.12. The van der Waals surface area contributed by atoms with E-state index in [0.29, 0.717) is 23.6 Å². The van der Waals surface area contributed by atoms with Crippen LogP contribution in [0.15, 0.2) is 39.3 Å². The SMILES string of the molecule is CC(=NO)c1cc(F)ccc1OCc1sccc1Br. The Hall–Kier alpha value is -1.40. The highest BCUT2D eigenvalue weighted by molar-refractivity contribution is 9.10. The number of nitrogens with zero attached hydrogens (tertiary/aromatic N) is 1. The Balaban J connectivity index is 2.23. The fraction of sp³-hybridized carbons (Fsp3) is 0.154. The second kappa shape index (κ2) is 6.16. The lowest BCUT2D eigenvalue weighted by atomic mass is 10.1. The van der Waals surface area contributed by atoms with Crippen LogP contribution in [-0.4, -0.2) is 10.9 Å². The molecule has 1 aromatic carbocycles. The molecule has 2 aromatic rings. The van der Waals surface area contributed by atoms with Gasteiger partial charge < -0.3 is 9.94 Å². The number of halogens is 2. The zero-order valence-corrected chi connectivity index (χ0v) is 12.5. The zero-order chi connectivity index (χ0) is 13.8. The molecule has 0 amide bonds. The summed E-state index contributed by atoms with van der Waals surface area (Å²) in [5.74, 6) is 0.0830. The molecule has 2 rings (SSSR count). The van der Waals surface area contributed by atoms with Crippen molar-refractivity contribution in [3.8, 4) is 5.75 Å². The summed E-state index contributed by atoms with van der Waals surface area (Å²) in [4.78, 5) is 1.04. The van der Waals surface area contributed by atoms with Crippen LogP contribution in [0, 0.1) is 5.82 Å². The summed E-state index contributed by atoms with van der Waals surface area (Å²) in [6.45, 7) is 1.96. The normalized spacial score (nSPS) is 11.6. The van der Waals surface area contributed by atoms with Gasteiger partial charge in [0, 0.05) is 10.0 Å². The number of oxime groups is 1. The summed E-state index contributed by atoms with van der Waals surface area (Å²) in [7, 11) is 0. The van der Waals surface area contributed by atoms with Crippen LogP contribution in [0.3, 0.4) is 0 Å². The maximum atomic E-state index is 13.2.